The molecule has 0 aliphatic carbocycles. The maximum absolute atomic E-state index is 13.5. The molecule has 32 heavy (non-hydrogen) atoms. The maximum atomic E-state index is 13.5. The Morgan fingerprint density at radius 3 is 3.00 bits per heavy atom. The van der Waals surface area contributed by atoms with Crippen LogP contribution >= 0.6 is 0 Å². The lowest BCUT2D eigenvalue weighted by Gasteiger charge is -2.32. The van der Waals surface area contributed by atoms with Crippen molar-refractivity contribution in [3.63, 3.8) is 0 Å². The molecule has 1 aliphatic heterocycles. The summed E-state index contributed by atoms with van der Waals surface area (Å²) in [6.45, 7) is 2.50. The van der Waals surface area contributed by atoms with Gasteiger partial charge in [0.2, 0.25) is 0 Å². The average Bonchev–Trinajstić information content (AvgIpc) is 3.57. The van der Waals surface area contributed by atoms with E-state index in [2.05, 4.69) is 25.1 Å². The number of fused-ring (bicyclic) bond motifs is 2. The van der Waals surface area contributed by atoms with E-state index in [4.69, 9.17) is 9.52 Å². The van der Waals surface area contributed by atoms with Gasteiger partial charge in [-0.05, 0) is 42.8 Å². The van der Waals surface area contributed by atoms with E-state index in [9.17, 15) is 4.79 Å². The Hall–Kier alpha value is -4.34. The predicted octanol–water partition coefficient (Wildman–Crippen LogP) is 2.60. The van der Waals surface area contributed by atoms with Crippen molar-refractivity contribution >= 4 is 11.4 Å². The number of hydrogen-bond donors (Lipinski definition) is 1. The highest BCUT2D eigenvalue weighted by Gasteiger charge is 2.38. The molecule has 158 valence electrons. The van der Waals surface area contributed by atoms with Crippen molar-refractivity contribution < 1.29 is 9.21 Å². The van der Waals surface area contributed by atoms with Crippen LogP contribution in [0.3, 0.4) is 0 Å². The molecule has 5 aromatic heterocycles. The minimum atomic E-state index is -0.470. The number of H-pyrrole nitrogens is 1. The Bertz CT molecular complexity index is 1430. The van der Waals surface area contributed by atoms with E-state index in [1.807, 2.05) is 37.4 Å². The molecule has 6 heterocycles. The zero-order valence-electron chi connectivity index (χ0n) is 17.1. The third kappa shape index (κ3) is 2.96. The van der Waals surface area contributed by atoms with E-state index >= 15 is 0 Å². The Morgan fingerprint density at radius 1 is 1.19 bits per heavy atom. The first-order valence-electron chi connectivity index (χ1n) is 10.2. The zero-order valence-corrected chi connectivity index (χ0v) is 17.1. The lowest BCUT2D eigenvalue weighted by molar-refractivity contribution is 0.0646. The Morgan fingerprint density at radius 2 is 2.12 bits per heavy atom. The van der Waals surface area contributed by atoms with Gasteiger partial charge in [-0.1, -0.05) is 6.07 Å². The number of nitrogens with one attached hydrogen (secondary N) is 1. The van der Waals surface area contributed by atoms with Gasteiger partial charge in [-0.25, -0.2) is 9.50 Å². The molecule has 1 aliphatic rings. The molecular weight excluding hydrogens is 408 g/mol. The smallest absolute Gasteiger partial charge is 0.312 e. The van der Waals surface area contributed by atoms with Gasteiger partial charge in [0.1, 0.15) is 11.7 Å². The maximum Gasteiger partial charge on any atom is 0.312 e. The quantitative estimate of drug-likeness (QED) is 0.471. The van der Waals surface area contributed by atoms with Crippen LogP contribution < -0.4 is 0 Å². The molecule has 1 atom stereocenters. The van der Waals surface area contributed by atoms with Gasteiger partial charge in [0.25, 0.3) is 5.89 Å². The zero-order chi connectivity index (χ0) is 21.7. The summed E-state index contributed by atoms with van der Waals surface area (Å²) in [7, 11) is 0. The minimum absolute atomic E-state index is 0.0887. The van der Waals surface area contributed by atoms with Crippen molar-refractivity contribution in [3.8, 4) is 11.6 Å². The number of aromatic nitrogens is 7. The average molecular weight is 426 g/mol. The molecule has 5 aromatic rings. The number of hydrogen-bond acceptors (Lipinski definition) is 7. The van der Waals surface area contributed by atoms with Gasteiger partial charge >= 0.3 is 11.8 Å². The standard InChI is InChI=1S/C22H18N8O2/c1-13-5-9-30-14(10-13)11-17(28-30)19-18-15(24-12-25-18)6-8-29(19)22(31)21-27-26-20(32-21)16-4-2-3-7-23-16/h2-5,7,9-12,19H,6,8H2,1H3,(H,24,25)/t19-/m1/s1. The SMILES string of the molecule is Cc1ccn2nc([C@@H]3c4nc[nH]c4CCN3C(=O)c3nnc(-c4ccccn4)o3)cc2c1. The van der Waals surface area contributed by atoms with Crippen molar-refractivity contribution in [3.05, 3.63) is 83.7 Å². The summed E-state index contributed by atoms with van der Waals surface area (Å²) in [5, 5.41) is 12.7. The Labute approximate surface area is 181 Å². The van der Waals surface area contributed by atoms with Gasteiger partial charge in [-0.15, -0.1) is 10.2 Å². The second-order valence-electron chi connectivity index (χ2n) is 7.69. The molecule has 0 fully saturated rings. The first-order chi connectivity index (χ1) is 15.7. The molecule has 0 aromatic carbocycles. The van der Waals surface area contributed by atoms with E-state index in [1.54, 1.807) is 34.1 Å². The summed E-state index contributed by atoms with van der Waals surface area (Å²) in [6.07, 6.45) is 5.83. The summed E-state index contributed by atoms with van der Waals surface area (Å²) in [6, 6.07) is 10.9. The number of carbonyl (C=O) groups excluding carboxylic acids is 1. The number of aromatic amines is 1. The van der Waals surface area contributed by atoms with E-state index in [0.29, 0.717) is 18.7 Å². The molecule has 0 saturated heterocycles. The number of amides is 1. The number of aryl methyl sites for hydroxylation is 1. The summed E-state index contributed by atoms with van der Waals surface area (Å²) in [5.74, 6) is -0.257. The molecular formula is C22H18N8O2. The van der Waals surface area contributed by atoms with Crippen LogP contribution in [0.15, 0.2) is 59.5 Å². The number of rotatable bonds is 3. The number of pyridine rings is 2. The van der Waals surface area contributed by atoms with Gasteiger partial charge in [0, 0.05) is 31.1 Å². The van der Waals surface area contributed by atoms with Crippen molar-refractivity contribution in [2.24, 2.45) is 0 Å². The molecule has 0 radical (unpaired) electrons. The summed E-state index contributed by atoms with van der Waals surface area (Å²) < 4.78 is 7.49. The largest absolute Gasteiger partial charge is 0.411 e. The molecule has 0 saturated carbocycles. The van der Waals surface area contributed by atoms with E-state index in [-0.39, 0.29) is 17.7 Å². The van der Waals surface area contributed by atoms with Crippen molar-refractivity contribution in [1.82, 2.24) is 39.7 Å². The number of imidazole rings is 1. The van der Waals surface area contributed by atoms with Crippen LogP contribution in [-0.2, 0) is 6.42 Å². The van der Waals surface area contributed by atoms with Crippen LogP contribution in [0.4, 0.5) is 0 Å². The van der Waals surface area contributed by atoms with Gasteiger partial charge in [-0.3, -0.25) is 9.78 Å². The first kappa shape index (κ1) is 18.4. The van der Waals surface area contributed by atoms with Gasteiger partial charge in [0.15, 0.2) is 0 Å². The molecule has 0 unspecified atom stereocenters. The topological polar surface area (TPSA) is 118 Å². The van der Waals surface area contributed by atoms with E-state index in [0.717, 1.165) is 28.2 Å². The second-order valence-corrected chi connectivity index (χ2v) is 7.69. The number of nitrogens with zero attached hydrogens (tertiary/aromatic N) is 7. The van der Waals surface area contributed by atoms with Crippen LogP contribution in [-0.4, -0.2) is 52.1 Å². The number of carbonyl (C=O) groups is 1. The molecule has 1 N–H and O–H groups in total. The fraction of sp³-hybridized carbons (Fsp3) is 0.182. The third-order valence-electron chi connectivity index (χ3n) is 5.60. The summed E-state index contributed by atoms with van der Waals surface area (Å²) in [4.78, 5) is 27.0. The summed E-state index contributed by atoms with van der Waals surface area (Å²) >= 11 is 0. The van der Waals surface area contributed by atoms with Crippen LogP contribution in [0.25, 0.3) is 17.1 Å². The molecule has 10 nitrogen and oxygen atoms in total. The Kier molecular flexibility index (Phi) is 4.10. The molecule has 6 rings (SSSR count). The predicted molar refractivity (Wildman–Crippen MR) is 113 cm³/mol. The Balaban J connectivity index is 1.40. The highest BCUT2D eigenvalue weighted by atomic mass is 16.4. The fourth-order valence-corrected chi connectivity index (χ4v) is 4.08. The monoisotopic (exact) mass is 426 g/mol. The van der Waals surface area contributed by atoms with Crippen molar-refractivity contribution in [2.75, 3.05) is 6.54 Å². The highest BCUT2D eigenvalue weighted by Crippen LogP contribution is 2.34. The lowest BCUT2D eigenvalue weighted by Crippen LogP contribution is -2.41. The first-order valence-corrected chi connectivity index (χ1v) is 10.2. The molecule has 1 amide bonds. The lowest BCUT2D eigenvalue weighted by atomic mass is 9.99. The van der Waals surface area contributed by atoms with Gasteiger partial charge in [-0.2, -0.15) is 5.10 Å². The van der Waals surface area contributed by atoms with E-state index in [1.165, 1.54) is 0 Å². The van der Waals surface area contributed by atoms with Gasteiger partial charge in [0.05, 0.1) is 23.2 Å². The minimum Gasteiger partial charge on any atom is -0.411 e. The summed E-state index contributed by atoms with van der Waals surface area (Å²) in [5.41, 5.74) is 5.08. The van der Waals surface area contributed by atoms with Gasteiger partial charge < -0.3 is 14.3 Å². The van der Waals surface area contributed by atoms with Crippen LogP contribution in [0.2, 0.25) is 0 Å². The second kappa shape index (κ2) is 7.12. The third-order valence-corrected chi connectivity index (χ3v) is 5.60. The van der Waals surface area contributed by atoms with E-state index < -0.39 is 6.04 Å². The molecule has 0 bridgehead atoms. The molecule has 10 heteroatoms. The van der Waals surface area contributed by atoms with Crippen molar-refractivity contribution in [2.45, 2.75) is 19.4 Å². The molecule has 0 spiro atoms. The van der Waals surface area contributed by atoms with Crippen LogP contribution in [0, 0.1) is 6.92 Å². The van der Waals surface area contributed by atoms with Crippen LogP contribution in [0.5, 0.6) is 0 Å². The highest BCUT2D eigenvalue weighted by molar-refractivity contribution is 5.90. The van der Waals surface area contributed by atoms with Crippen LogP contribution in [0.1, 0.15) is 39.4 Å². The fourth-order valence-electron chi connectivity index (χ4n) is 4.08. The normalized spacial score (nSPS) is 15.8. The van der Waals surface area contributed by atoms with Crippen molar-refractivity contribution in [1.29, 1.82) is 0 Å².